The third-order valence-corrected chi connectivity index (χ3v) is 8.03. The van der Waals surface area contributed by atoms with E-state index >= 15 is 0 Å². The summed E-state index contributed by atoms with van der Waals surface area (Å²) in [6, 6.07) is 20.9. The van der Waals surface area contributed by atoms with Crippen LogP contribution in [-0.4, -0.2) is 39.7 Å². The van der Waals surface area contributed by atoms with Crippen molar-refractivity contribution < 1.29 is 14.4 Å². The fourth-order valence-electron chi connectivity index (χ4n) is 5.82. The highest BCUT2D eigenvalue weighted by Crippen LogP contribution is 2.46. The van der Waals surface area contributed by atoms with E-state index < -0.39 is 18.1 Å². The predicted octanol–water partition coefficient (Wildman–Crippen LogP) is 4.75. The van der Waals surface area contributed by atoms with Gasteiger partial charge in [-0.2, -0.15) is 0 Å². The van der Waals surface area contributed by atoms with E-state index in [9.17, 15) is 14.4 Å². The van der Waals surface area contributed by atoms with Crippen molar-refractivity contribution >= 4 is 40.2 Å². The lowest BCUT2D eigenvalue weighted by molar-refractivity contribution is -0.133. The highest BCUT2D eigenvalue weighted by molar-refractivity contribution is 6.30. The minimum absolute atomic E-state index is 0.159. The van der Waals surface area contributed by atoms with Gasteiger partial charge in [-0.25, -0.2) is 0 Å². The van der Waals surface area contributed by atoms with Crippen LogP contribution in [0.2, 0.25) is 5.02 Å². The molecule has 2 aliphatic rings. The van der Waals surface area contributed by atoms with Gasteiger partial charge < -0.3 is 20.5 Å². The van der Waals surface area contributed by atoms with E-state index in [1.165, 1.54) is 0 Å². The molecule has 0 radical (unpaired) electrons. The highest BCUT2D eigenvalue weighted by Gasteiger charge is 2.49. The number of fused-ring (bicyclic) bond motifs is 7. The summed E-state index contributed by atoms with van der Waals surface area (Å²) < 4.78 is 0. The van der Waals surface area contributed by atoms with Gasteiger partial charge in [0.15, 0.2) is 0 Å². The maximum absolute atomic E-state index is 13.9. The molecule has 0 unspecified atom stereocenters. The molecular formula is C31H29ClN4O3. The number of amides is 3. The van der Waals surface area contributed by atoms with Gasteiger partial charge in [-0.3, -0.25) is 14.4 Å². The number of hydrogen-bond donors (Lipinski definition) is 3. The van der Waals surface area contributed by atoms with E-state index in [1.807, 2.05) is 74.5 Å². The Bertz CT molecular complexity index is 1590. The Morgan fingerprint density at radius 1 is 1.03 bits per heavy atom. The molecule has 4 aromatic rings. The second-order valence-corrected chi connectivity index (χ2v) is 11.0. The zero-order chi connectivity index (χ0) is 27.3. The molecule has 39 heavy (non-hydrogen) atoms. The number of H-pyrrole nitrogens is 1. The molecule has 0 bridgehead atoms. The summed E-state index contributed by atoms with van der Waals surface area (Å²) in [5.74, 6) is -0.941. The summed E-state index contributed by atoms with van der Waals surface area (Å²) in [5, 5.41) is 7.59. The number of carbonyl (C=O) groups excluding carboxylic acids is 3. The lowest BCUT2D eigenvalue weighted by Gasteiger charge is -2.38. The maximum atomic E-state index is 13.9. The standard InChI is InChI=1S/C31H29ClN4O3/c1-17(2)26(30(38)33-16-18-11-13-19(32)14-12-18)35-29(37)25-15-23-20-7-5-6-10-24(20)34-27(23)28-21-8-3-4-9-22(21)31(39)36(25)28/h3-14,17,25-26,28,34H,15-16H2,1-2H3,(H,33,38)(H,35,37)/t25-,26-,28-/m0/s1. The Morgan fingerprint density at radius 3 is 2.51 bits per heavy atom. The quantitative estimate of drug-likeness (QED) is 0.329. The first-order chi connectivity index (χ1) is 18.8. The van der Waals surface area contributed by atoms with Crippen LogP contribution in [0.5, 0.6) is 0 Å². The molecule has 3 aromatic carbocycles. The van der Waals surface area contributed by atoms with Crippen molar-refractivity contribution in [2.75, 3.05) is 0 Å². The van der Waals surface area contributed by atoms with Crippen LogP contribution >= 0.6 is 11.6 Å². The molecule has 3 atom stereocenters. The van der Waals surface area contributed by atoms with Gasteiger partial charge in [0.25, 0.3) is 5.91 Å². The third kappa shape index (κ3) is 4.36. The zero-order valence-electron chi connectivity index (χ0n) is 21.7. The average molecular weight is 541 g/mol. The number of aromatic nitrogens is 1. The number of aromatic amines is 1. The minimum atomic E-state index is -0.757. The molecular weight excluding hydrogens is 512 g/mol. The van der Waals surface area contributed by atoms with E-state index in [0.29, 0.717) is 23.6 Å². The Labute approximate surface area is 231 Å². The summed E-state index contributed by atoms with van der Waals surface area (Å²) in [6.45, 7) is 4.11. The lowest BCUT2D eigenvalue weighted by Crippen LogP contribution is -2.57. The van der Waals surface area contributed by atoms with E-state index in [2.05, 4.69) is 15.6 Å². The smallest absolute Gasteiger partial charge is 0.255 e. The van der Waals surface area contributed by atoms with Crippen molar-refractivity contribution in [3.63, 3.8) is 0 Å². The van der Waals surface area contributed by atoms with Crippen LogP contribution < -0.4 is 10.6 Å². The number of halogens is 1. The van der Waals surface area contributed by atoms with Crippen LogP contribution in [0.1, 0.15) is 52.6 Å². The van der Waals surface area contributed by atoms with Crippen molar-refractivity contribution in [3.8, 4) is 0 Å². The molecule has 7 nitrogen and oxygen atoms in total. The molecule has 198 valence electrons. The van der Waals surface area contributed by atoms with Crippen LogP contribution in [0, 0.1) is 5.92 Å². The largest absolute Gasteiger partial charge is 0.356 e. The maximum Gasteiger partial charge on any atom is 0.255 e. The second kappa shape index (κ2) is 9.89. The average Bonchev–Trinajstić information content (AvgIpc) is 3.46. The van der Waals surface area contributed by atoms with Crippen LogP contribution in [0.4, 0.5) is 0 Å². The topological polar surface area (TPSA) is 94.3 Å². The number of hydrogen-bond acceptors (Lipinski definition) is 3. The molecule has 2 aliphatic heterocycles. The molecule has 0 fully saturated rings. The number of carbonyl (C=O) groups is 3. The van der Waals surface area contributed by atoms with Crippen LogP contribution in [0.3, 0.4) is 0 Å². The summed E-state index contributed by atoms with van der Waals surface area (Å²) >= 11 is 5.97. The van der Waals surface area contributed by atoms with Gasteiger partial charge in [-0.05, 0) is 46.9 Å². The summed E-state index contributed by atoms with van der Waals surface area (Å²) in [7, 11) is 0. The van der Waals surface area contributed by atoms with Crippen LogP contribution in [0.25, 0.3) is 10.9 Å². The van der Waals surface area contributed by atoms with Gasteiger partial charge in [0, 0.05) is 40.1 Å². The fraction of sp³-hybridized carbons (Fsp3) is 0.258. The first kappa shape index (κ1) is 25.2. The number of nitrogens with one attached hydrogen (secondary N) is 3. The predicted molar refractivity (Wildman–Crippen MR) is 150 cm³/mol. The molecule has 6 rings (SSSR count). The molecule has 0 spiro atoms. The summed E-state index contributed by atoms with van der Waals surface area (Å²) in [5.41, 5.74) is 5.34. The Balaban J connectivity index is 1.30. The molecule has 8 heteroatoms. The Kier molecular flexibility index (Phi) is 6.39. The van der Waals surface area contributed by atoms with E-state index in [-0.39, 0.29) is 23.6 Å². The van der Waals surface area contributed by atoms with Gasteiger partial charge in [0.2, 0.25) is 11.8 Å². The van der Waals surface area contributed by atoms with E-state index in [4.69, 9.17) is 11.6 Å². The minimum Gasteiger partial charge on any atom is -0.356 e. The second-order valence-electron chi connectivity index (χ2n) is 10.6. The molecule has 0 aliphatic carbocycles. The summed E-state index contributed by atoms with van der Waals surface area (Å²) in [6.07, 6.45) is 0.360. The molecule has 3 N–H and O–H groups in total. The normalized spacial score (nSPS) is 18.5. The molecule has 3 amide bonds. The van der Waals surface area contributed by atoms with Gasteiger partial charge in [-0.1, -0.05) is 74.0 Å². The van der Waals surface area contributed by atoms with Crippen LogP contribution in [-0.2, 0) is 22.6 Å². The van der Waals surface area contributed by atoms with Gasteiger partial charge in [0.05, 0.1) is 6.04 Å². The SMILES string of the molecule is CC(C)[C@H](NC(=O)[C@@H]1Cc2c([nH]c3ccccc23)[C@@H]2c3ccccc3C(=O)N21)C(=O)NCc1ccc(Cl)cc1. The number of rotatable bonds is 6. The van der Waals surface area contributed by atoms with E-state index in [0.717, 1.165) is 33.3 Å². The van der Waals surface area contributed by atoms with Crippen molar-refractivity contribution in [3.05, 3.63) is 106 Å². The van der Waals surface area contributed by atoms with Crippen molar-refractivity contribution in [1.82, 2.24) is 20.5 Å². The monoisotopic (exact) mass is 540 g/mol. The number of para-hydroxylation sites is 1. The lowest BCUT2D eigenvalue weighted by atomic mass is 9.89. The molecule has 0 saturated carbocycles. The highest BCUT2D eigenvalue weighted by atomic mass is 35.5. The van der Waals surface area contributed by atoms with Gasteiger partial charge in [0.1, 0.15) is 12.1 Å². The Morgan fingerprint density at radius 2 is 1.74 bits per heavy atom. The van der Waals surface area contributed by atoms with Crippen molar-refractivity contribution in [2.24, 2.45) is 5.92 Å². The third-order valence-electron chi connectivity index (χ3n) is 7.78. The van der Waals surface area contributed by atoms with Gasteiger partial charge in [-0.15, -0.1) is 0 Å². The Hall–Kier alpha value is -4.10. The fourth-order valence-corrected chi connectivity index (χ4v) is 5.95. The van der Waals surface area contributed by atoms with Crippen molar-refractivity contribution in [2.45, 2.75) is 44.9 Å². The number of benzene rings is 3. The summed E-state index contributed by atoms with van der Waals surface area (Å²) in [4.78, 5) is 46.0. The van der Waals surface area contributed by atoms with Crippen molar-refractivity contribution in [1.29, 1.82) is 0 Å². The van der Waals surface area contributed by atoms with E-state index in [1.54, 1.807) is 17.0 Å². The number of nitrogens with zero attached hydrogens (tertiary/aromatic N) is 1. The van der Waals surface area contributed by atoms with Gasteiger partial charge >= 0.3 is 0 Å². The molecule has 0 saturated heterocycles. The first-order valence-electron chi connectivity index (χ1n) is 13.2. The van der Waals surface area contributed by atoms with Crippen LogP contribution in [0.15, 0.2) is 72.8 Å². The molecule has 3 heterocycles. The zero-order valence-corrected chi connectivity index (χ0v) is 22.5. The first-order valence-corrected chi connectivity index (χ1v) is 13.5. The molecule has 1 aromatic heterocycles.